The van der Waals surface area contributed by atoms with Crippen LogP contribution >= 0.6 is 0 Å². The number of aliphatic hydroxyl groups is 1. The van der Waals surface area contributed by atoms with E-state index in [-0.39, 0.29) is 12.3 Å². The maximum Gasteiger partial charge on any atom is 0.215 e. The Morgan fingerprint density at radius 2 is 2.05 bits per heavy atom. The molecule has 1 fully saturated rings. The van der Waals surface area contributed by atoms with Crippen LogP contribution < -0.4 is 4.72 Å². The van der Waals surface area contributed by atoms with Gasteiger partial charge >= 0.3 is 0 Å². The number of sulfonamides is 1. The number of nitrogens with one attached hydrogen (secondary N) is 1. The van der Waals surface area contributed by atoms with E-state index in [2.05, 4.69) is 4.72 Å². The van der Waals surface area contributed by atoms with Crippen LogP contribution in [0.3, 0.4) is 0 Å². The van der Waals surface area contributed by atoms with Gasteiger partial charge in [0.15, 0.2) is 0 Å². The molecule has 0 aliphatic heterocycles. The highest BCUT2D eigenvalue weighted by Crippen LogP contribution is 2.28. The van der Waals surface area contributed by atoms with Crippen molar-refractivity contribution in [1.29, 1.82) is 5.26 Å². The molecule has 0 bridgehead atoms. The fraction of sp³-hybridized carbons (Fsp3) is 0.500. The molecular formula is C14H18N2O3S. The first-order chi connectivity index (χ1) is 9.42. The van der Waals surface area contributed by atoms with Crippen LogP contribution in [0.5, 0.6) is 0 Å². The van der Waals surface area contributed by atoms with Gasteiger partial charge in [-0.05, 0) is 30.5 Å². The second kappa shape index (κ2) is 5.92. The van der Waals surface area contributed by atoms with Gasteiger partial charge < -0.3 is 5.11 Å². The lowest BCUT2D eigenvalue weighted by Crippen LogP contribution is -2.41. The summed E-state index contributed by atoms with van der Waals surface area (Å²) >= 11 is 0. The third-order valence-electron chi connectivity index (χ3n) is 3.57. The average Bonchev–Trinajstić information content (AvgIpc) is 2.84. The maximum atomic E-state index is 12.0. The summed E-state index contributed by atoms with van der Waals surface area (Å²) in [6.07, 6.45) is 3.14. The first-order valence-electron chi connectivity index (χ1n) is 6.61. The standard InChI is InChI=1S/C14H18N2O3S/c15-9-12-4-3-5-13(8-12)10-20(18,19)16-11-14(17)6-1-2-7-14/h3-5,8,16-17H,1-2,6-7,10-11H2. The molecule has 1 aromatic rings. The molecule has 2 rings (SSSR count). The van der Waals surface area contributed by atoms with Crippen molar-refractivity contribution in [3.8, 4) is 6.07 Å². The van der Waals surface area contributed by atoms with Crippen LogP contribution in [0.25, 0.3) is 0 Å². The van der Waals surface area contributed by atoms with E-state index in [1.807, 2.05) is 6.07 Å². The minimum atomic E-state index is -3.50. The maximum absolute atomic E-state index is 12.0. The van der Waals surface area contributed by atoms with Crippen LogP contribution in [0.1, 0.15) is 36.8 Å². The lowest BCUT2D eigenvalue weighted by molar-refractivity contribution is 0.0531. The predicted octanol–water partition coefficient (Wildman–Crippen LogP) is 1.28. The summed E-state index contributed by atoms with van der Waals surface area (Å²) in [4.78, 5) is 0. The van der Waals surface area contributed by atoms with Gasteiger partial charge in [0.2, 0.25) is 10.0 Å². The lowest BCUT2D eigenvalue weighted by atomic mass is 10.0. The third-order valence-corrected chi connectivity index (χ3v) is 4.87. The molecule has 6 heteroatoms. The summed E-state index contributed by atoms with van der Waals surface area (Å²) in [5, 5.41) is 18.9. The van der Waals surface area contributed by atoms with E-state index in [0.29, 0.717) is 24.0 Å². The molecular weight excluding hydrogens is 276 g/mol. The van der Waals surface area contributed by atoms with E-state index in [0.717, 1.165) is 12.8 Å². The van der Waals surface area contributed by atoms with Crippen molar-refractivity contribution in [1.82, 2.24) is 4.72 Å². The molecule has 20 heavy (non-hydrogen) atoms. The molecule has 0 amide bonds. The number of rotatable bonds is 5. The Morgan fingerprint density at radius 3 is 2.70 bits per heavy atom. The minimum Gasteiger partial charge on any atom is -0.389 e. The molecule has 0 atom stereocenters. The smallest absolute Gasteiger partial charge is 0.215 e. The number of benzene rings is 1. The summed E-state index contributed by atoms with van der Waals surface area (Å²) in [6, 6.07) is 8.50. The number of hydrogen-bond donors (Lipinski definition) is 2. The van der Waals surface area contributed by atoms with Gasteiger partial charge in [0.05, 0.1) is 23.0 Å². The lowest BCUT2D eigenvalue weighted by Gasteiger charge is -2.22. The monoisotopic (exact) mass is 294 g/mol. The summed E-state index contributed by atoms with van der Waals surface area (Å²) in [7, 11) is -3.50. The Kier molecular flexibility index (Phi) is 4.43. The molecule has 0 spiro atoms. The van der Waals surface area contributed by atoms with Gasteiger partial charge in [-0.3, -0.25) is 0 Å². The number of nitriles is 1. The van der Waals surface area contributed by atoms with Crippen LogP contribution in [-0.4, -0.2) is 25.7 Å². The molecule has 0 radical (unpaired) electrons. The van der Waals surface area contributed by atoms with Crippen molar-refractivity contribution in [3.05, 3.63) is 35.4 Å². The van der Waals surface area contributed by atoms with E-state index in [1.165, 1.54) is 0 Å². The van der Waals surface area contributed by atoms with E-state index >= 15 is 0 Å². The quantitative estimate of drug-likeness (QED) is 0.856. The van der Waals surface area contributed by atoms with Gasteiger partial charge in [-0.1, -0.05) is 25.0 Å². The summed E-state index contributed by atoms with van der Waals surface area (Å²) in [5.74, 6) is -0.182. The molecule has 0 unspecified atom stereocenters. The van der Waals surface area contributed by atoms with Crippen LogP contribution in [-0.2, 0) is 15.8 Å². The van der Waals surface area contributed by atoms with Crippen LogP contribution in [0.4, 0.5) is 0 Å². The molecule has 2 N–H and O–H groups in total. The van der Waals surface area contributed by atoms with E-state index < -0.39 is 15.6 Å². The van der Waals surface area contributed by atoms with Gasteiger partial charge in [0, 0.05) is 6.54 Å². The van der Waals surface area contributed by atoms with Crippen molar-refractivity contribution in [2.75, 3.05) is 6.54 Å². The first-order valence-corrected chi connectivity index (χ1v) is 8.26. The second-order valence-electron chi connectivity index (χ2n) is 5.32. The molecule has 108 valence electrons. The zero-order valence-electron chi connectivity index (χ0n) is 11.2. The fourth-order valence-electron chi connectivity index (χ4n) is 2.46. The normalized spacial score (nSPS) is 17.8. The van der Waals surface area contributed by atoms with Crippen molar-refractivity contribution in [2.45, 2.75) is 37.0 Å². The third kappa shape index (κ3) is 4.04. The Labute approximate surface area is 119 Å². The second-order valence-corrected chi connectivity index (χ2v) is 7.13. The number of hydrogen-bond acceptors (Lipinski definition) is 4. The molecule has 1 saturated carbocycles. The van der Waals surface area contributed by atoms with E-state index in [1.54, 1.807) is 24.3 Å². The average molecular weight is 294 g/mol. The molecule has 1 aromatic carbocycles. The topological polar surface area (TPSA) is 90.2 Å². The largest absolute Gasteiger partial charge is 0.389 e. The van der Waals surface area contributed by atoms with Crippen molar-refractivity contribution < 1.29 is 13.5 Å². The van der Waals surface area contributed by atoms with Gasteiger partial charge in [-0.2, -0.15) is 5.26 Å². The number of nitrogens with zero attached hydrogens (tertiary/aromatic N) is 1. The Hall–Kier alpha value is -1.42. The molecule has 0 aromatic heterocycles. The highest BCUT2D eigenvalue weighted by atomic mass is 32.2. The Balaban J connectivity index is 1.98. The van der Waals surface area contributed by atoms with Gasteiger partial charge in [-0.25, -0.2) is 13.1 Å². The van der Waals surface area contributed by atoms with Crippen LogP contribution in [0.2, 0.25) is 0 Å². The van der Waals surface area contributed by atoms with Crippen molar-refractivity contribution in [2.24, 2.45) is 0 Å². The van der Waals surface area contributed by atoms with Crippen LogP contribution in [0.15, 0.2) is 24.3 Å². The Morgan fingerprint density at radius 1 is 1.35 bits per heavy atom. The summed E-state index contributed by atoms with van der Waals surface area (Å²) < 4.78 is 26.5. The Bertz CT molecular complexity index is 614. The summed E-state index contributed by atoms with van der Waals surface area (Å²) in [6.45, 7) is 0.0628. The minimum absolute atomic E-state index is 0.0628. The van der Waals surface area contributed by atoms with E-state index in [4.69, 9.17) is 5.26 Å². The van der Waals surface area contributed by atoms with Gasteiger partial charge in [0.25, 0.3) is 0 Å². The molecule has 1 aliphatic rings. The zero-order valence-corrected chi connectivity index (χ0v) is 12.0. The van der Waals surface area contributed by atoms with E-state index in [9.17, 15) is 13.5 Å². The molecule has 0 heterocycles. The highest BCUT2D eigenvalue weighted by molar-refractivity contribution is 7.88. The fourth-order valence-corrected chi connectivity index (χ4v) is 3.66. The molecule has 1 aliphatic carbocycles. The zero-order chi connectivity index (χ0) is 14.6. The van der Waals surface area contributed by atoms with Gasteiger partial charge in [0.1, 0.15) is 0 Å². The molecule has 0 saturated heterocycles. The van der Waals surface area contributed by atoms with Crippen molar-refractivity contribution >= 4 is 10.0 Å². The SMILES string of the molecule is N#Cc1cccc(CS(=O)(=O)NCC2(O)CCCC2)c1. The summed E-state index contributed by atoms with van der Waals surface area (Å²) in [5.41, 5.74) is 0.101. The highest BCUT2D eigenvalue weighted by Gasteiger charge is 2.32. The predicted molar refractivity (Wildman–Crippen MR) is 75.2 cm³/mol. The first kappa shape index (κ1) is 15.0. The molecule has 5 nitrogen and oxygen atoms in total. The van der Waals surface area contributed by atoms with Crippen molar-refractivity contribution in [3.63, 3.8) is 0 Å². The van der Waals surface area contributed by atoms with Gasteiger partial charge in [-0.15, -0.1) is 0 Å². The van der Waals surface area contributed by atoms with Crippen LogP contribution in [0, 0.1) is 11.3 Å².